The van der Waals surface area contributed by atoms with E-state index in [1.165, 1.54) is 62.2 Å². The van der Waals surface area contributed by atoms with E-state index in [0.717, 1.165) is 12.1 Å². The number of nitrogens with one attached hydrogen (secondary N) is 1. The molecular weight excluding hydrogens is 355 g/mol. The van der Waals surface area contributed by atoms with Crippen LogP contribution in [0, 0.1) is 5.82 Å². The van der Waals surface area contributed by atoms with E-state index in [1.54, 1.807) is 0 Å². The van der Waals surface area contributed by atoms with Crippen LogP contribution in [0.4, 0.5) is 4.39 Å². The first-order valence-corrected chi connectivity index (χ1v) is 10.1. The van der Waals surface area contributed by atoms with Gasteiger partial charge < -0.3 is 10.1 Å². The first kappa shape index (κ1) is 20.3. The Bertz CT molecular complexity index is 740. The van der Waals surface area contributed by atoms with Crippen molar-refractivity contribution in [1.29, 1.82) is 0 Å². The molecule has 0 radical (unpaired) electrons. The summed E-state index contributed by atoms with van der Waals surface area (Å²) in [6, 6.07) is 14.1. The van der Waals surface area contributed by atoms with Crippen LogP contribution in [-0.2, 0) is 17.9 Å². The van der Waals surface area contributed by atoms with E-state index in [-0.39, 0.29) is 11.7 Å². The van der Waals surface area contributed by atoms with Gasteiger partial charge in [-0.15, -0.1) is 0 Å². The van der Waals surface area contributed by atoms with Crippen molar-refractivity contribution in [3.63, 3.8) is 0 Å². The molecule has 1 aliphatic heterocycles. The Hall–Kier alpha value is -2.40. The summed E-state index contributed by atoms with van der Waals surface area (Å²) in [6.45, 7) is 5.72. The number of hydrogen-bond acceptors (Lipinski definition) is 3. The molecule has 0 spiro atoms. The van der Waals surface area contributed by atoms with Crippen LogP contribution in [0.5, 0.6) is 5.75 Å². The molecule has 0 bridgehead atoms. The standard InChI is InChI=1S/C23H29FN2O2/c1-2-22(28-21-12-10-20(24)11-13-21)23(27)25-16-18-6-8-19(9-7-18)17-26-14-4-3-5-15-26/h6-13,22H,2-5,14-17H2,1H3,(H,25,27)/t22-/m1/s1. The lowest BCUT2D eigenvalue weighted by atomic mass is 10.1. The maximum atomic E-state index is 13.0. The van der Waals surface area contributed by atoms with Crippen molar-refractivity contribution in [2.45, 2.75) is 51.8 Å². The van der Waals surface area contributed by atoms with E-state index in [2.05, 4.69) is 34.5 Å². The number of hydrogen-bond donors (Lipinski definition) is 1. The average Bonchev–Trinajstić information content (AvgIpc) is 2.73. The molecule has 1 fully saturated rings. The van der Waals surface area contributed by atoms with E-state index < -0.39 is 6.10 Å². The Morgan fingerprint density at radius 3 is 2.32 bits per heavy atom. The van der Waals surface area contributed by atoms with Crippen LogP contribution in [0.25, 0.3) is 0 Å². The third-order valence-electron chi connectivity index (χ3n) is 5.10. The minimum absolute atomic E-state index is 0.163. The maximum Gasteiger partial charge on any atom is 0.261 e. The number of carbonyl (C=O) groups is 1. The normalized spacial score (nSPS) is 15.8. The molecule has 0 unspecified atom stereocenters. The third kappa shape index (κ3) is 6.06. The molecule has 1 saturated heterocycles. The summed E-state index contributed by atoms with van der Waals surface area (Å²) < 4.78 is 18.7. The number of piperidine rings is 1. The maximum absolute atomic E-state index is 13.0. The molecule has 2 aromatic rings. The quantitative estimate of drug-likeness (QED) is 0.738. The SMILES string of the molecule is CC[C@@H](Oc1ccc(F)cc1)C(=O)NCc1ccc(CN2CCCCC2)cc1. The number of nitrogens with zero attached hydrogens (tertiary/aromatic N) is 1. The molecule has 0 aromatic heterocycles. The molecule has 0 saturated carbocycles. The van der Waals surface area contributed by atoms with Gasteiger partial charge >= 0.3 is 0 Å². The van der Waals surface area contributed by atoms with Crippen LogP contribution in [0.2, 0.25) is 0 Å². The number of likely N-dealkylation sites (tertiary alicyclic amines) is 1. The fraction of sp³-hybridized carbons (Fsp3) is 0.435. The molecule has 2 aromatic carbocycles. The monoisotopic (exact) mass is 384 g/mol. The molecule has 3 rings (SSSR count). The minimum atomic E-state index is -0.594. The van der Waals surface area contributed by atoms with Crippen molar-refractivity contribution in [2.75, 3.05) is 13.1 Å². The van der Waals surface area contributed by atoms with Crippen molar-refractivity contribution in [1.82, 2.24) is 10.2 Å². The molecule has 1 atom stereocenters. The van der Waals surface area contributed by atoms with E-state index in [4.69, 9.17) is 4.74 Å². The Morgan fingerprint density at radius 2 is 1.68 bits per heavy atom. The summed E-state index contributed by atoms with van der Waals surface area (Å²) in [7, 11) is 0. The topological polar surface area (TPSA) is 41.6 Å². The predicted molar refractivity (Wildman–Crippen MR) is 109 cm³/mol. The number of amides is 1. The Balaban J connectivity index is 1.47. The van der Waals surface area contributed by atoms with Crippen LogP contribution in [0.15, 0.2) is 48.5 Å². The Kier molecular flexibility index (Phi) is 7.43. The van der Waals surface area contributed by atoms with E-state index in [0.29, 0.717) is 18.7 Å². The van der Waals surface area contributed by atoms with Gasteiger partial charge in [-0.1, -0.05) is 37.6 Å². The fourth-order valence-corrected chi connectivity index (χ4v) is 3.44. The zero-order chi connectivity index (χ0) is 19.8. The summed E-state index contributed by atoms with van der Waals surface area (Å²) in [4.78, 5) is 14.9. The van der Waals surface area contributed by atoms with Crippen molar-refractivity contribution >= 4 is 5.91 Å². The van der Waals surface area contributed by atoms with Gasteiger partial charge in [-0.25, -0.2) is 4.39 Å². The first-order valence-electron chi connectivity index (χ1n) is 10.1. The van der Waals surface area contributed by atoms with E-state index >= 15 is 0 Å². The highest BCUT2D eigenvalue weighted by atomic mass is 19.1. The molecule has 1 amide bonds. The smallest absolute Gasteiger partial charge is 0.261 e. The zero-order valence-electron chi connectivity index (χ0n) is 16.5. The first-order chi connectivity index (χ1) is 13.6. The summed E-state index contributed by atoms with van der Waals surface area (Å²) in [5, 5.41) is 2.93. The van der Waals surface area contributed by atoms with Gasteiger partial charge in [0.1, 0.15) is 11.6 Å². The highest BCUT2D eigenvalue weighted by Crippen LogP contribution is 2.15. The second kappa shape index (κ2) is 10.2. The molecular formula is C23H29FN2O2. The van der Waals surface area contributed by atoms with Gasteiger partial charge in [-0.05, 0) is 67.7 Å². The fourth-order valence-electron chi connectivity index (χ4n) is 3.44. The largest absolute Gasteiger partial charge is 0.481 e. The summed E-state index contributed by atoms with van der Waals surface area (Å²) in [6.07, 6.45) is 3.88. The summed E-state index contributed by atoms with van der Waals surface area (Å²) >= 11 is 0. The van der Waals surface area contributed by atoms with Crippen LogP contribution in [0.1, 0.15) is 43.7 Å². The summed E-state index contributed by atoms with van der Waals surface area (Å²) in [5.74, 6) is 0.00303. The second-order valence-electron chi connectivity index (χ2n) is 7.34. The number of carbonyl (C=O) groups excluding carboxylic acids is 1. The van der Waals surface area contributed by atoms with Gasteiger partial charge in [0.25, 0.3) is 5.91 Å². The third-order valence-corrected chi connectivity index (χ3v) is 5.10. The van der Waals surface area contributed by atoms with Crippen LogP contribution >= 0.6 is 0 Å². The molecule has 5 heteroatoms. The highest BCUT2D eigenvalue weighted by molar-refractivity contribution is 5.81. The lowest BCUT2D eigenvalue weighted by Gasteiger charge is -2.26. The molecule has 4 nitrogen and oxygen atoms in total. The van der Waals surface area contributed by atoms with Gasteiger partial charge in [0.05, 0.1) is 0 Å². The predicted octanol–water partition coefficient (Wildman–Crippen LogP) is 4.29. The molecule has 0 aliphatic carbocycles. The minimum Gasteiger partial charge on any atom is -0.481 e. The zero-order valence-corrected chi connectivity index (χ0v) is 16.5. The molecule has 28 heavy (non-hydrogen) atoms. The van der Waals surface area contributed by atoms with Crippen molar-refractivity contribution in [2.24, 2.45) is 0 Å². The molecule has 150 valence electrons. The Labute approximate surface area is 166 Å². The van der Waals surface area contributed by atoms with Crippen molar-refractivity contribution in [3.05, 3.63) is 65.5 Å². The molecule has 1 N–H and O–H groups in total. The van der Waals surface area contributed by atoms with Gasteiger partial charge in [0.15, 0.2) is 6.10 Å². The summed E-state index contributed by atoms with van der Waals surface area (Å²) in [5.41, 5.74) is 2.37. The van der Waals surface area contributed by atoms with E-state index in [1.807, 2.05) is 6.92 Å². The van der Waals surface area contributed by atoms with Gasteiger partial charge in [0.2, 0.25) is 0 Å². The number of rotatable bonds is 8. The van der Waals surface area contributed by atoms with E-state index in [9.17, 15) is 9.18 Å². The van der Waals surface area contributed by atoms with Gasteiger partial charge in [-0.2, -0.15) is 0 Å². The highest BCUT2D eigenvalue weighted by Gasteiger charge is 2.18. The molecule has 1 aliphatic rings. The lowest BCUT2D eigenvalue weighted by molar-refractivity contribution is -0.128. The van der Waals surface area contributed by atoms with Crippen LogP contribution in [-0.4, -0.2) is 30.0 Å². The number of halogens is 1. The second-order valence-corrected chi connectivity index (χ2v) is 7.34. The van der Waals surface area contributed by atoms with Gasteiger partial charge in [-0.3, -0.25) is 9.69 Å². The van der Waals surface area contributed by atoms with Crippen LogP contribution in [0.3, 0.4) is 0 Å². The average molecular weight is 384 g/mol. The molecule has 1 heterocycles. The number of ether oxygens (including phenoxy) is 1. The van der Waals surface area contributed by atoms with Crippen LogP contribution < -0.4 is 10.1 Å². The lowest BCUT2D eigenvalue weighted by Crippen LogP contribution is -2.37. The van der Waals surface area contributed by atoms with Crippen molar-refractivity contribution in [3.8, 4) is 5.75 Å². The Morgan fingerprint density at radius 1 is 1.04 bits per heavy atom. The number of benzene rings is 2. The van der Waals surface area contributed by atoms with Gasteiger partial charge in [0, 0.05) is 13.1 Å². The van der Waals surface area contributed by atoms with Crippen molar-refractivity contribution < 1.29 is 13.9 Å².